The molecular formula is C20H18N8. The van der Waals surface area contributed by atoms with Crippen molar-refractivity contribution in [1.29, 1.82) is 0 Å². The molecule has 0 atom stereocenters. The van der Waals surface area contributed by atoms with Crippen LogP contribution in [-0.4, -0.2) is 38.9 Å². The summed E-state index contributed by atoms with van der Waals surface area (Å²) in [5, 5.41) is 9.76. The smallest absolute Gasteiger partial charge is 0.144 e. The molecule has 0 aromatic carbocycles. The molecular weight excluding hydrogens is 352 g/mol. The van der Waals surface area contributed by atoms with Gasteiger partial charge in [0.25, 0.3) is 0 Å². The molecule has 8 nitrogen and oxygen atoms in total. The van der Waals surface area contributed by atoms with Crippen LogP contribution in [0.4, 0.5) is 0 Å². The Bertz CT molecular complexity index is 1320. The Labute approximate surface area is 160 Å². The summed E-state index contributed by atoms with van der Waals surface area (Å²) in [7, 11) is 1.90. The minimum absolute atomic E-state index is 0.508. The number of hydrogen-bond donors (Lipinski definition) is 0. The van der Waals surface area contributed by atoms with Gasteiger partial charge in [-0.15, -0.1) is 0 Å². The van der Waals surface area contributed by atoms with Gasteiger partial charge in [-0.1, -0.05) is 0 Å². The van der Waals surface area contributed by atoms with Crippen molar-refractivity contribution in [3.8, 4) is 22.5 Å². The number of rotatable bonds is 3. The molecule has 138 valence electrons. The van der Waals surface area contributed by atoms with Gasteiger partial charge in [-0.05, 0) is 25.3 Å². The highest BCUT2D eigenvalue weighted by molar-refractivity contribution is 5.97. The van der Waals surface area contributed by atoms with Crippen LogP contribution >= 0.6 is 0 Å². The average molecular weight is 370 g/mol. The van der Waals surface area contributed by atoms with Crippen LogP contribution in [0.2, 0.25) is 0 Å². The maximum absolute atomic E-state index is 5.01. The Balaban J connectivity index is 1.63. The molecule has 1 fully saturated rings. The van der Waals surface area contributed by atoms with Gasteiger partial charge in [0, 0.05) is 48.2 Å². The Morgan fingerprint density at radius 3 is 2.79 bits per heavy atom. The van der Waals surface area contributed by atoms with E-state index in [1.54, 1.807) is 17.2 Å². The number of nitrogens with zero attached hydrogens (tertiary/aromatic N) is 8. The average Bonchev–Trinajstić information content (AvgIpc) is 3.38. The van der Waals surface area contributed by atoms with Crippen molar-refractivity contribution in [2.45, 2.75) is 25.3 Å². The van der Waals surface area contributed by atoms with Crippen molar-refractivity contribution in [3.63, 3.8) is 0 Å². The lowest BCUT2D eigenvalue weighted by Crippen LogP contribution is -2.16. The topological polar surface area (TPSA) is 78.7 Å². The van der Waals surface area contributed by atoms with E-state index < -0.39 is 0 Å². The van der Waals surface area contributed by atoms with Crippen LogP contribution in [0.5, 0.6) is 0 Å². The molecule has 0 N–H and O–H groups in total. The van der Waals surface area contributed by atoms with Crippen LogP contribution < -0.4 is 0 Å². The predicted molar refractivity (Wildman–Crippen MR) is 105 cm³/mol. The van der Waals surface area contributed by atoms with Crippen LogP contribution in [0.15, 0.2) is 49.6 Å². The van der Waals surface area contributed by atoms with Crippen molar-refractivity contribution in [3.05, 3.63) is 49.6 Å². The number of hydrogen-bond acceptors (Lipinski definition) is 5. The Morgan fingerprint density at radius 1 is 1.07 bits per heavy atom. The van der Waals surface area contributed by atoms with E-state index in [4.69, 9.17) is 4.98 Å². The summed E-state index contributed by atoms with van der Waals surface area (Å²) in [5.74, 6) is 0. The summed E-state index contributed by atoms with van der Waals surface area (Å²) in [6.45, 7) is 0. The third-order valence-electron chi connectivity index (χ3n) is 5.61. The van der Waals surface area contributed by atoms with Crippen LogP contribution in [0.25, 0.3) is 39.1 Å². The molecule has 8 heteroatoms. The zero-order valence-electron chi connectivity index (χ0n) is 15.4. The molecule has 0 saturated heterocycles. The first kappa shape index (κ1) is 15.5. The second-order valence-electron chi connectivity index (χ2n) is 7.33. The molecule has 0 aliphatic heterocycles. The molecule has 1 aliphatic carbocycles. The van der Waals surface area contributed by atoms with Crippen molar-refractivity contribution in [1.82, 2.24) is 38.9 Å². The van der Waals surface area contributed by atoms with Gasteiger partial charge in [-0.3, -0.25) is 4.68 Å². The largest absolute Gasteiger partial charge is 0.329 e. The maximum atomic E-state index is 5.01. The Hall–Kier alpha value is -3.55. The Morgan fingerprint density at radius 2 is 2.00 bits per heavy atom. The van der Waals surface area contributed by atoms with Gasteiger partial charge in [0.1, 0.15) is 12.0 Å². The van der Waals surface area contributed by atoms with Gasteiger partial charge in [0.05, 0.1) is 35.5 Å². The fourth-order valence-electron chi connectivity index (χ4n) is 3.94. The van der Waals surface area contributed by atoms with E-state index in [2.05, 4.69) is 30.9 Å². The summed E-state index contributed by atoms with van der Waals surface area (Å²) >= 11 is 0. The van der Waals surface area contributed by atoms with Gasteiger partial charge in [0.15, 0.2) is 0 Å². The fourth-order valence-corrected chi connectivity index (χ4v) is 3.94. The molecule has 0 amide bonds. The minimum Gasteiger partial charge on any atom is -0.329 e. The molecule has 0 spiro atoms. The summed E-state index contributed by atoms with van der Waals surface area (Å²) in [4.78, 5) is 13.9. The molecule has 0 unspecified atom stereocenters. The van der Waals surface area contributed by atoms with E-state index in [-0.39, 0.29) is 0 Å². The maximum Gasteiger partial charge on any atom is 0.144 e. The fraction of sp³-hybridized carbons (Fsp3) is 0.250. The van der Waals surface area contributed by atoms with Crippen molar-refractivity contribution in [2.24, 2.45) is 7.05 Å². The zero-order chi connectivity index (χ0) is 18.7. The van der Waals surface area contributed by atoms with E-state index in [1.807, 2.05) is 42.4 Å². The normalized spacial score (nSPS) is 14.8. The van der Waals surface area contributed by atoms with Gasteiger partial charge < -0.3 is 4.57 Å². The van der Waals surface area contributed by atoms with E-state index in [0.29, 0.717) is 6.04 Å². The van der Waals surface area contributed by atoms with Crippen molar-refractivity contribution >= 4 is 16.6 Å². The monoisotopic (exact) mass is 370 g/mol. The molecule has 0 radical (unpaired) electrons. The Kier molecular flexibility index (Phi) is 3.17. The van der Waals surface area contributed by atoms with Gasteiger partial charge >= 0.3 is 0 Å². The molecule has 6 rings (SSSR count). The molecule has 5 aromatic heterocycles. The van der Waals surface area contributed by atoms with E-state index in [0.717, 1.165) is 39.1 Å². The highest BCUT2D eigenvalue weighted by Gasteiger charge is 2.24. The SMILES string of the molecule is Cn1cc(-c2cn3nccc3c(-c3cn(C4CCC4)c4ncncc34)n2)cn1. The van der Waals surface area contributed by atoms with E-state index >= 15 is 0 Å². The van der Waals surface area contributed by atoms with E-state index in [1.165, 1.54) is 19.3 Å². The summed E-state index contributed by atoms with van der Waals surface area (Å²) < 4.78 is 5.95. The number of aromatic nitrogens is 8. The second kappa shape index (κ2) is 5.72. The van der Waals surface area contributed by atoms with Gasteiger partial charge in [-0.2, -0.15) is 10.2 Å². The molecule has 0 bridgehead atoms. The second-order valence-corrected chi connectivity index (χ2v) is 7.33. The van der Waals surface area contributed by atoms with Crippen LogP contribution in [-0.2, 0) is 7.05 Å². The highest BCUT2D eigenvalue weighted by Crippen LogP contribution is 2.39. The molecule has 5 heterocycles. The lowest BCUT2D eigenvalue weighted by Gasteiger charge is -2.27. The molecule has 28 heavy (non-hydrogen) atoms. The first-order chi connectivity index (χ1) is 13.8. The molecule has 1 saturated carbocycles. The summed E-state index contributed by atoms with van der Waals surface area (Å²) in [6, 6.07) is 2.50. The third-order valence-corrected chi connectivity index (χ3v) is 5.61. The minimum atomic E-state index is 0.508. The van der Waals surface area contributed by atoms with Crippen LogP contribution in [0.1, 0.15) is 25.3 Å². The lowest BCUT2D eigenvalue weighted by atomic mass is 9.93. The highest BCUT2D eigenvalue weighted by atomic mass is 15.2. The summed E-state index contributed by atoms with van der Waals surface area (Å²) in [5.41, 5.74) is 5.65. The molecule has 1 aliphatic rings. The lowest BCUT2D eigenvalue weighted by molar-refractivity contribution is 0.320. The van der Waals surface area contributed by atoms with E-state index in [9.17, 15) is 0 Å². The first-order valence-corrected chi connectivity index (χ1v) is 9.42. The number of fused-ring (bicyclic) bond motifs is 2. The predicted octanol–water partition coefficient (Wildman–Crippen LogP) is 3.27. The quantitative estimate of drug-likeness (QED) is 0.487. The van der Waals surface area contributed by atoms with Crippen LogP contribution in [0.3, 0.4) is 0 Å². The van der Waals surface area contributed by atoms with Crippen LogP contribution in [0, 0.1) is 0 Å². The standard InChI is InChI=1S/C20H18N8/c1-26-9-13(7-24-26)17-11-28-18(5-6-23-28)19(25-17)16-10-27(14-3-2-4-14)20-15(16)8-21-12-22-20/h5-12,14H,2-4H2,1H3. The first-order valence-electron chi connectivity index (χ1n) is 9.42. The zero-order valence-corrected chi connectivity index (χ0v) is 15.4. The third kappa shape index (κ3) is 2.20. The van der Waals surface area contributed by atoms with Crippen molar-refractivity contribution in [2.75, 3.05) is 0 Å². The van der Waals surface area contributed by atoms with Gasteiger partial charge in [0.2, 0.25) is 0 Å². The molecule has 5 aromatic rings. The number of aryl methyl sites for hydroxylation is 1. The van der Waals surface area contributed by atoms with Gasteiger partial charge in [-0.25, -0.2) is 19.5 Å². The summed E-state index contributed by atoms with van der Waals surface area (Å²) in [6.07, 6.45) is 16.9. The van der Waals surface area contributed by atoms with Crippen molar-refractivity contribution < 1.29 is 0 Å².